The van der Waals surface area contributed by atoms with E-state index in [-0.39, 0.29) is 10.7 Å². The lowest BCUT2D eigenvalue weighted by Crippen LogP contribution is -2.17. The Morgan fingerprint density at radius 3 is 2.32 bits per heavy atom. The molecular formula is C19H9F5N2OS. The summed E-state index contributed by atoms with van der Waals surface area (Å²) in [6, 6.07) is 8.92. The van der Waals surface area contributed by atoms with Crippen molar-refractivity contribution in [2.75, 3.05) is 0 Å². The zero-order chi connectivity index (χ0) is 20.5. The molecule has 0 amide bonds. The fraction of sp³-hybridized carbons (Fsp3) is 0.105. The lowest BCUT2D eigenvalue weighted by Gasteiger charge is -2.13. The highest BCUT2D eigenvalue weighted by Crippen LogP contribution is 2.36. The Bertz CT molecular complexity index is 1060. The van der Waals surface area contributed by atoms with Gasteiger partial charge in [-0.25, -0.2) is 13.8 Å². The molecule has 2 aromatic carbocycles. The van der Waals surface area contributed by atoms with Crippen LogP contribution in [0.4, 0.5) is 22.0 Å². The second kappa shape index (κ2) is 7.48. The van der Waals surface area contributed by atoms with Gasteiger partial charge < -0.3 is 0 Å². The van der Waals surface area contributed by atoms with Crippen LogP contribution in [0.25, 0.3) is 11.3 Å². The summed E-state index contributed by atoms with van der Waals surface area (Å²) < 4.78 is 67.3. The summed E-state index contributed by atoms with van der Waals surface area (Å²) in [6.45, 7) is 0. The topological polar surface area (TPSA) is 53.8 Å². The van der Waals surface area contributed by atoms with Crippen molar-refractivity contribution in [1.29, 1.82) is 5.26 Å². The smallest absolute Gasteiger partial charge is 0.292 e. The van der Waals surface area contributed by atoms with E-state index in [1.54, 1.807) is 6.07 Å². The number of carbonyl (C=O) groups is 1. The van der Waals surface area contributed by atoms with Crippen LogP contribution in [-0.2, 0) is 6.18 Å². The number of halogens is 5. The van der Waals surface area contributed by atoms with E-state index in [2.05, 4.69) is 4.98 Å². The van der Waals surface area contributed by atoms with Crippen molar-refractivity contribution in [2.45, 2.75) is 12.1 Å². The van der Waals surface area contributed by atoms with Crippen LogP contribution in [0.1, 0.15) is 26.8 Å². The van der Waals surface area contributed by atoms with E-state index in [0.717, 1.165) is 47.7 Å². The normalized spacial score (nSPS) is 12.4. The number of aromatic nitrogens is 1. The molecule has 3 aromatic rings. The summed E-state index contributed by atoms with van der Waals surface area (Å²) in [5.41, 5.74) is -2.43. The third-order valence-electron chi connectivity index (χ3n) is 3.88. The van der Waals surface area contributed by atoms with Gasteiger partial charge in [-0.2, -0.15) is 18.4 Å². The van der Waals surface area contributed by atoms with Crippen molar-refractivity contribution in [2.24, 2.45) is 0 Å². The molecule has 1 aromatic heterocycles. The molecule has 0 saturated heterocycles. The van der Waals surface area contributed by atoms with Crippen LogP contribution < -0.4 is 0 Å². The molecule has 0 fully saturated rings. The average Bonchev–Trinajstić information content (AvgIpc) is 3.10. The quantitative estimate of drug-likeness (QED) is 0.417. The van der Waals surface area contributed by atoms with Crippen LogP contribution in [-0.4, -0.2) is 10.8 Å². The van der Waals surface area contributed by atoms with Gasteiger partial charge in [-0.1, -0.05) is 24.3 Å². The molecule has 3 nitrogen and oxygen atoms in total. The predicted molar refractivity (Wildman–Crippen MR) is 91.6 cm³/mol. The molecule has 1 unspecified atom stereocenters. The van der Waals surface area contributed by atoms with Crippen molar-refractivity contribution >= 4 is 17.1 Å². The zero-order valence-corrected chi connectivity index (χ0v) is 14.6. The molecule has 0 aliphatic carbocycles. The molecule has 0 N–H and O–H groups in total. The molecule has 28 heavy (non-hydrogen) atoms. The molecule has 0 radical (unpaired) electrons. The second-order valence-electron chi connectivity index (χ2n) is 5.64. The Balaban J connectivity index is 2.02. The minimum Gasteiger partial charge on any atom is -0.292 e. The van der Waals surface area contributed by atoms with Crippen molar-refractivity contribution in [1.82, 2.24) is 4.98 Å². The third kappa shape index (κ3) is 3.64. The van der Waals surface area contributed by atoms with Crippen LogP contribution >= 0.6 is 11.3 Å². The first-order chi connectivity index (χ1) is 13.2. The van der Waals surface area contributed by atoms with Gasteiger partial charge in [-0.3, -0.25) is 4.79 Å². The summed E-state index contributed by atoms with van der Waals surface area (Å²) in [5, 5.41) is 10.4. The molecular weight excluding hydrogens is 399 g/mol. The van der Waals surface area contributed by atoms with Crippen LogP contribution in [0, 0.1) is 23.0 Å². The van der Waals surface area contributed by atoms with Gasteiger partial charge in [-0.15, -0.1) is 11.3 Å². The first-order valence-corrected chi connectivity index (χ1v) is 8.62. The van der Waals surface area contributed by atoms with Gasteiger partial charge in [0.25, 0.3) is 0 Å². The van der Waals surface area contributed by atoms with E-state index < -0.39 is 46.2 Å². The van der Waals surface area contributed by atoms with E-state index in [9.17, 15) is 32.0 Å². The maximum atomic E-state index is 13.9. The predicted octanol–water partition coefficient (Wildman–Crippen LogP) is 5.60. The number of nitriles is 1. The van der Waals surface area contributed by atoms with E-state index >= 15 is 0 Å². The van der Waals surface area contributed by atoms with E-state index in [4.69, 9.17) is 0 Å². The van der Waals surface area contributed by atoms with E-state index in [1.165, 1.54) is 11.4 Å². The highest BCUT2D eigenvalue weighted by Gasteiger charge is 2.37. The number of ketones is 1. The fourth-order valence-corrected chi connectivity index (χ4v) is 3.45. The number of alkyl halides is 3. The number of Topliss-reactive ketones (excluding diaryl/α,β-unsaturated/α-hetero) is 1. The molecule has 142 valence electrons. The standard InChI is InChI=1S/C19H9F5N2OS/c20-13-6-3-7-14(21)16(13)15-9-28-18(26-15)11(8-25)17(27)10-4-1-2-5-12(10)19(22,23)24/h1-7,9,11H. The maximum absolute atomic E-state index is 13.9. The highest BCUT2D eigenvalue weighted by molar-refractivity contribution is 7.10. The lowest BCUT2D eigenvalue weighted by molar-refractivity contribution is -0.137. The summed E-state index contributed by atoms with van der Waals surface area (Å²) in [4.78, 5) is 16.5. The monoisotopic (exact) mass is 408 g/mol. The fourth-order valence-electron chi connectivity index (χ4n) is 2.60. The van der Waals surface area contributed by atoms with Gasteiger partial charge >= 0.3 is 6.18 Å². The van der Waals surface area contributed by atoms with Crippen LogP contribution in [0.3, 0.4) is 0 Å². The lowest BCUT2D eigenvalue weighted by atomic mass is 9.95. The maximum Gasteiger partial charge on any atom is 0.417 e. The Hall–Kier alpha value is -3.12. The molecule has 9 heteroatoms. The van der Waals surface area contributed by atoms with Crippen molar-refractivity contribution in [3.05, 3.63) is 75.6 Å². The number of hydrogen-bond donors (Lipinski definition) is 0. The third-order valence-corrected chi connectivity index (χ3v) is 4.79. The highest BCUT2D eigenvalue weighted by atomic mass is 32.1. The molecule has 0 aliphatic rings. The SMILES string of the molecule is N#CC(C(=O)c1ccccc1C(F)(F)F)c1nc(-c2c(F)cccc2F)cs1. The first kappa shape index (κ1) is 19.6. The van der Waals surface area contributed by atoms with E-state index in [1.807, 2.05) is 0 Å². The minimum absolute atomic E-state index is 0.146. The minimum atomic E-state index is -4.78. The van der Waals surface area contributed by atoms with Gasteiger partial charge in [0.1, 0.15) is 16.6 Å². The number of benzene rings is 2. The summed E-state index contributed by atoms with van der Waals surface area (Å²) >= 11 is 0.762. The molecule has 1 atom stereocenters. The van der Waals surface area contributed by atoms with Gasteiger partial charge in [-0.05, 0) is 18.2 Å². The van der Waals surface area contributed by atoms with Gasteiger partial charge in [0.2, 0.25) is 0 Å². The zero-order valence-electron chi connectivity index (χ0n) is 13.8. The van der Waals surface area contributed by atoms with Crippen LogP contribution in [0.15, 0.2) is 47.8 Å². The van der Waals surface area contributed by atoms with Gasteiger partial charge in [0, 0.05) is 10.9 Å². The largest absolute Gasteiger partial charge is 0.417 e. The Labute approximate surface area is 159 Å². The second-order valence-corrected chi connectivity index (χ2v) is 6.53. The molecule has 0 spiro atoms. The van der Waals surface area contributed by atoms with Crippen molar-refractivity contribution < 1.29 is 26.7 Å². The molecule has 0 aliphatic heterocycles. The van der Waals surface area contributed by atoms with Crippen molar-refractivity contribution in [3.63, 3.8) is 0 Å². The molecule has 3 rings (SSSR count). The molecule has 1 heterocycles. The summed E-state index contributed by atoms with van der Waals surface area (Å²) in [5.74, 6) is -4.51. The number of nitrogens with zero attached hydrogens (tertiary/aromatic N) is 2. The Morgan fingerprint density at radius 1 is 1.07 bits per heavy atom. The summed E-state index contributed by atoms with van der Waals surface area (Å²) in [7, 11) is 0. The summed E-state index contributed by atoms with van der Waals surface area (Å²) in [6.07, 6.45) is -4.78. The number of carbonyl (C=O) groups excluding carboxylic acids is 1. The Kier molecular flexibility index (Phi) is 5.25. The average molecular weight is 408 g/mol. The van der Waals surface area contributed by atoms with Gasteiger partial charge in [0.05, 0.1) is 22.9 Å². The van der Waals surface area contributed by atoms with Crippen molar-refractivity contribution in [3.8, 4) is 17.3 Å². The van der Waals surface area contributed by atoms with Crippen LogP contribution in [0.2, 0.25) is 0 Å². The number of thiazole rings is 1. The van der Waals surface area contributed by atoms with Gasteiger partial charge in [0.15, 0.2) is 11.7 Å². The number of hydrogen-bond acceptors (Lipinski definition) is 4. The van der Waals surface area contributed by atoms with E-state index in [0.29, 0.717) is 0 Å². The Morgan fingerprint density at radius 2 is 1.71 bits per heavy atom. The van der Waals surface area contributed by atoms with Crippen LogP contribution in [0.5, 0.6) is 0 Å². The molecule has 0 bridgehead atoms. The number of rotatable bonds is 4. The first-order valence-electron chi connectivity index (χ1n) is 7.74. The molecule has 0 saturated carbocycles.